The van der Waals surface area contributed by atoms with Crippen LogP contribution < -0.4 is 9.47 Å². The third-order valence-corrected chi connectivity index (χ3v) is 4.51. The van der Waals surface area contributed by atoms with Gasteiger partial charge in [0, 0.05) is 5.56 Å². The van der Waals surface area contributed by atoms with Crippen LogP contribution >= 0.6 is 39.1 Å². The van der Waals surface area contributed by atoms with E-state index in [0.29, 0.717) is 32.1 Å². The van der Waals surface area contributed by atoms with E-state index in [-0.39, 0.29) is 5.82 Å². The maximum Gasteiger partial charge on any atom is 0.146 e. The van der Waals surface area contributed by atoms with Gasteiger partial charge in [-0.2, -0.15) is 0 Å². The summed E-state index contributed by atoms with van der Waals surface area (Å²) in [5.41, 5.74) is 1.25. The summed E-state index contributed by atoms with van der Waals surface area (Å²) in [6.07, 6.45) is 0. The molecule has 0 aliphatic rings. The Morgan fingerprint density at radius 1 is 1.14 bits per heavy atom. The molecule has 0 amide bonds. The zero-order chi connectivity index (χ0) is 15.6. The van der Waals surface area contributed by atoms with Crippen LogP contribution in [0.4, 0.5) is 4.39 Å². The van der Waals surface area contributed by atoms with Gasteiger partial charge in [-0.05, 0) is 45.8 Å². The van der Waals surface area contributed by atoms with E-state index in [0.717, 1.165) is 0 Å². The largest absolute Gasteiger partial charge is 0.495 e. The number of rotatable bonds is 4. The molecule has 0 aliphatic heterocycles. The van der Waals surface area contributed by atoms with Crippen LogP contribution in [0.3, 0.4) is 0 Å². The van der Waals surface area contributed by atoms with Crippen molar-refractivity contribution in [2.24, 2.45) is 0 Å². The Balaban J connectivity index is 2.50. The summed E-state index contributed by atoms with van der Waals surface area (Å²) >= 11 is 15.8. The van der Waals surface area contributed by atoms with E-state index in [2.05, 4.69) is 15.9 Å². The normalized spacial score (nSPS) is 12.1. The SMILES string of the molecule is COc1ccc(C(Cl)c2ccc(Br)c(F)c2)c(OC)c1Cl. The van der Waals surface area contributed by atoms with E-state index in [1.54, 1.807) is 24.3 Å². The highest BCUT2D eigenvalue weighted by atomic mass is 79.9. The van der Waals surface area contributed by atoms with E-state index >= 15 is 0 Å². The molecule has 21 heavy (non-hydrogen) atoms. The molecule has 0 heterocycles. The zero-order valence-corrected chi connectivity index (χ0v) is 14.4. The van der Waals surface area contributed by atoms with Crippen molar-refractivity contribution in [3.63, 3.8) is 0 Å². The van der Waals surface area contributed by atoms with E-state index < -0.39 is 5.38 Å². The highest BCUT2D eigenvalue weighted by molar-refractivity contribution is 9.10. The topological polar surface area (TPSA) is 18.5 Å². The monoisotopic (exact) mass is 392 g/mol. The molecule has 112 valence electrons. The summed E-state index contributed by atoms with van der Waals surface area (Å²) in [7, 11) is 3.01. The van der Waals surface area contributed by atoms with Crippen LogP contribution in [-0.4, -0.2) is 14.2 Å². The fraction of sp³-hybridized carbons (Fsp3) is 0.200. The van der Waals surface area contributed by atoms with Crippen LogP contribution in [0.2, 0.25) is 5.02 Å². The molecule has 0 radical (unpaired) electrons. The van der Waals surface area contributed by atoms with Crippen LogP contribution in [0.25, 0.3) is 0 Å². The molecule has 0 bridgehead atoms. The Morgan fingerprint density at radius 2 is 1.86 bits per heavy atom. The Morgan fingerprint density at radius 3 is 2.43 bits per heavy atom. The second-order valence-corrected chi connectivity index (χ2v) is 5.91. The van der Waals surface area contributed by atoms with Crippen molar-refractivity contribution in [1.29, 1.82) is 0 Å². The first-order valence-electron chi connectivity index (χ1n) is 5.99. The maximum atomic E-state index is 13.7. The van der Waals surface area contributed by atoms with Crippen molar-refractivity contribution in [1.82, 2.24) is 0 Å². The molecule has 1 atom stereocenters. The number of hydrogen-bond acceptors (Lipinski definition) is 2. The standard InChI is InChI=1S/C15H12BrCl2FO2/c1-20-12-6-4-9(15(21-2)14(12)18)13(17)8-3-5-10(16)11(19)7-8/h3-7,13H,1-2H3. The molecule has 0 spiro atoms. The number of ether oxygens (including phenoxy) is 2. The number of halogens is 4. The molecule has 0 saturated carbocycles. The van der Waals surface area contributed by atoms with Gasteiger partial charge >= 0.3 is 0 Å². The lowest BCUT2D eigenvalue weighted by Gasteiger charge is -2.17. The lowest BCUT2D eigenvalue weighted by atomic mass is 10.0. The summed E-state index contributed by atoms with van der Waals surface area (Å²) in [5.74, 6) is 0.527. The van der Waals surface area contributed by atoms with Crippen LogP contribution in [0.1, 0.15) is 16.5 Å². The first-order valence-corrected chi connectivity index (χ1v) is 7.59. The van der Waals surface area contributed by atoms with Crippen molar-refractivity contribution in [2.75, 3.05) is 14.2 Å². The Bertz CT molecular complexity index is 664. The van der Waals surface area contributed by atoms with E-state index in [4.69, 9.17) is 32.7 Å². The molecule has 0 N–H and O–H groups in total. The number of benzene rings is 2. The van der Waals surface area contributed by atoms with Gasteiger partial charge in [-0.1, -0.05) is 17.7 Å². The van der Waals surface area contributed by atoms with Crippen molar-refractivity contribution in [3.05, 3.63) is 56.8 Å². The first kappa shape index (κ1) is 16.4. The third-order valence-electron chi connectivity index (χ3n) is 3.03. The quantitative estimate of drug-likeness (QED) is 0.630. The maximum absolute atomic E-state index is 13.7. The second kappa shape index (κ2) is 6.86. The Kier molecular flexibility index (Phi) is 5.36. The molecule has 2 rings (SSSR count). The van der Waals surface area contributed by atoms with E-state index in [1.807, 2.05) is 0 Å². The van der Waals surface area contributed by atoms with Crippen LogP contribution in [0.5, 0.6) is 11.5 Å². The van der Waals surface area contributed by atoms with Gasteiger partial charge in [0.2, 0.25) is 0 Å². The van der Waals surface area contributed by atoms with E-state index in [9.17, 15) is 4.39 Å². The molecule has 6 heteroatoms. The fourth-order valence-electron chi connectivity index (χ4n) is 1.97. The molecule has 2 aromatic rings. The van der Waals surface area contributed by atoms with Crippen LogP contribution in [-0.2, 0) is 0 Å². The minimum Gasteiger partial charge on any atom is -0.495 e. The van der Waals surface area contributed by atoms with Gasteiger partial charge in [-0.3, -0.25) is 0 Å². The van der Waals surface area contributed by atoms with Gasteiger partial charge in [0.25, 0.3) is 0 Å². The summed E-state index contributed by atoms with van der Waals surface area (Å²) in [5, 5.41) is -0.258. The predicted molar refractivity (Wildman–Crippen MR) is 86.4 cm³/mol. The third kappa shape index (κ3) is 3.28. The molecular formula is C15H12BrCl2FO2. The smallest absolute Gasteiger partial charge is 0.146 e. The van der Waals surface area contributed by atoms with Gasteiger partial charge < -0.3 is 9.47 Å². The highest BCUT2D eigenvalue weighted by Gasteiger charge is 2.21. The molecule has 2 nitrogen and oxygen atoms in total. The molecule has 0 aliphatic carbocycles. The Hall–Kier alpha value is -0.970. The molecule has 0 saturated heterocycles. The molecule has 1 unspecified atom stereocenters. The first-order chi connectivity index (χ1) is 9.99. The van der Waals surface area contributed by atoms with E-state index in [1.165, 1.54) is 20.3 Å². The van der Waals surface area contributed by atoms with Gasteiger partial charge in [-0.25, -0.2) is 4.39 Å². The molecule has 0 fully saturated rings. The van der Waals surface area contributed by atoms with Gasteiger partial charge in [0.1, 0.15) is 22.3 Å². The summed E-state index contributed by atoms with van der Waals surface area (Å²) in [6.45, 7) is 0. The molecule has 0 aromatic heterocycles. The van der Waals surface area contributed by atoms with Gasteiger partial charge in [0.05, 0.1) is 24.1 Å². The van der Waals surface area contributed by atoms with Crippen molar-refractivity contribution < 1.29 is 13.9 Å². The zero-order valence-electron chi connectivity index (χ0n) is 11.3. The van der Waals surface area contributed by atoms with Gasteiger partial charge in [-0.15, -0.1) is 11.6 Å². The van der Waals surface area contributed by atoms with Crippen molar-refractivity contribution in [2.45, 2.75) is 5.38 Å². The number of methoxy groups -OCH3 is 2. The minimum atomic E-state index is -0.592. The minimum absolute atomic E-state index is 0.334. The average Bonchev–Trinajstić information content (AvgIpc) is 2.49. The molecule has 2 aromatic carbocycles. The summed E-state index contributed by atoms with van der Waals surface area (Å²) in [4.78, 5) is 0. The second-order valence-electron chi connectivity index (χ2n) is 4.24. The lowest BCUT2D eigenvalue weighted by Crippen LogP contribution is -2.00. The van der Waals surface area contributed by atoms with Crippen LogP contribution in [0, 0.1) is 5.82 Å². The number of hydrogen-bond donors (Lipinski definition) is 0. The lowest BCUT2D eigenvalue weighted by molar-refractivity contribution is 0.392. The fourth-order valence-corrected chi connectivity index (χ4v) is 2.85. The summed E-state index contributed by atoms with van der Waals surface area (Å²) in [6, 6.07) is 8.17. The predicted octanol–water partition coefficient (Wildman–Crippen LogP) is 5.59. The average molecular weight is 394 g/mol. The number of alkyl halides is 1. The summed E-state index contributed by atoms with van der Waals surface area (Å²) < 4.78 is 24.5. The van der Waals surface area contributed by atoms with Gasteiger partial charge in [0.15, 0.2) is 0 Å². The van der Waals surface area contributed by atoms with Crippen molar-refractivity contribution in [3.8, 4) is 11.5 Å². The molecular weight excluding hydrogens is 382 g/mol. The highest BCUT2D eigenvalue weighted by Crippen LogP contribution is 2.43. The van der Waals surface area contributed by atoms with Crippen LogP contribution in [0.15, 0.2) is 34.8 Å². The van der Waals surface area contributed by atoms with Crippen molar-refractivity contribution >= 4 is 39.1 Å². The Labute approximate surface area is 140 Å².